The molecule has 1 atom stereocenters. The Morgan fingerprint density at radius 3 is 2.42 bits per heavy atom. The molecule has 0 aliphatic carbocycles. The topological polar surface area (TPSA) is 86.8 Å². The smallest absolute Gasteiger partial charge is 0.242 e. The highest BCUT2D eigenvalue weighted by atomic mass is 32.2. The summed E-state index contributed by atoms with van der Waals surface area (Å²) in [5, 5.41) is 2.77. The molecule has 7 nitrogen and oxygen atoms in total. The molecule has 1 N–H and O–H groups in total. The summed E-state index contributed by atoms with van der Waals surface area (Å²) < 4.78 is 25.2. The van der Waals surface area contributed by atoms with Gasteiger partial charge in [0.2, 0.25) is 21.8 Å². The lowest BCUT2D eigenvalue weighted by atomic mass is 10.1. The van der Waals surface area contributed by atoms with Crippen LogP contribution in [0.2, 0.25) is 0 Å². The molecule has 0 bridgehead atoms. The van der Waals surface area contributed by atoms with E-state index in [2.05, 4.69) is 19.2 Å². The molecule has 2 rings (SSSR count). The van der Waals surface area contributed by atoms with Crippen LogP contribution in [0.3, 0.4) is 0 Å². The average molecular weight is 381 g/mol. The Bertz CT molecular complexity index is 757. The highest BCUT2D eigenvalue weighted by molar-refractivity contribution is 7.89. The highest BCUT2D eigenvalue weighted by Gasteiger charge is 2.34. The van der Waals surface area contributed by atoms with Crippen LogP contribution in [0.5, 0.6) is 0 Å². The van der Waals surface area contributed by atoms with E-state index in [1.165, 1.54) is 26.2 Å². The number of carbonyl (C=O) groups excluding carboxylic acids is 2. The number of hydrogen-bond donors (Lipinski definition) is 1. The first-order valence-corrected chi connectivity index (χ1v) is 10.2. The van der Waals surface area contributed by atoms with Crippen LogP contribution in [-0.2, 0) is 19.6 Å². The van der Waals surface area contributed by atoms with E-state index in [0.29, 0.717) is 24.7 Å². The van der Waals surface area contributed by atoms with Gasteiger partial charge in [0.1, 0.15) is 0 Å². The number of anilines is 1. The summed E-state index contributed by atoms with van der Waals surface area (Å²) >= 11 is 0. The largest absolute Gasteiger partial charge is 0.342 e. The number of hydrogen-bond acceptors (Lipinski definition) is 4. The van der Waals surface area contributed by atoms with Gasteiger partial charge in [0.15, 0.2) is 0 Å². The maximum absolute atomic E-state index is 12.4. The number of amides is 2. The first kappa shape index (κ1) is 20.4. The monoisotopic (exact) mass is 381 g/mol. The molecular weight excluding hydrogens is 354 g/mol. The van der Waals surface area contributed by atoms with E-state index in [9.17, 15) is 18.0 Å². The molecule has 8 heteroatoms. The zero-order valence-corrected chi connectivity index (χ0v) is 16.5. The Balaban J connectivity index is 1.97. The minimum absolute atomic E-state index is 0.0122. The van der Waals surface area contributed by atoms with Crippen molar-refractivity contribution < 1.29 is 18.0 Å². The Morgan fingerprint density at radius 2 is 1.88 bits per heavy atom. The fourth-order valence-electron chi connectivity index (χ4n) is 2.74. The van der Waals surface area contributed by atoms with E-state index in [1.54, 1.807) is 17.0 Å². The third-order valence-electron chi connectivity index (χ3n) is 4.46. The standard InChI is InChI=1S/C18H27N3O4S/c1-13(2)9-10-21-12-14(11-17(21)22)18(23)19-15-5-7-16(8-6-15)26(24,25)20(3)4/h5-8,13-14H,9-12H2,1-4H3,(H,19,23)/t14-/m1/s1. The summed E-state index contributed by atoms with van der Waals surface area (Å²) in [7, 11) is -0.566. The number of sulfonamides is 1. The van der Waals surface area contributed by atoms with Crippen molar-refractivity contribution in [3.05, 3.63) is 24.3 Å². The van der Waals surface area contributed by atoms with Gasteiger partial charge in [-0.3, -0.25) is 9.59 Å². The van der Waals surface area contributed by atoms with Crippen molar-refractivity contribution >= 4 is 27.5 Å². The van der Waals surface area contributed by atoms with E-state index in [1.807, 2.05) is 0 Å². The fraction of sp³-hybridized carbons (Fsp3) is 0.556. The fourth-order valence-corrected chi connectivity index (χ4v) is 3.64. The second-order valence-corrected chi connectivity index (χ2v) is 9.38. The molecule has 0 aromatic heterocycles. The molecule has 26 heavy (non-hydrogen) atoms. The van der Waals surface area contributed by atoms with Crippen LogP contribution in [0.4, 0.5) is 5.69 Å². The van der Waals surface area contributed by atoms with Crippen LogP contribution in [0.1, 0.15) is 26.7 Å². The van der Waals surface area contributed by atoms with Crippen LogP contribution in [0, 0.1) is 11.8 Å². The predicted molar refractivity (Wildman–Crippen MR) is 100 cm³/mol. The molecule has 2 amide bonds. The lowest BCUT2D eigenvalue weighted by molar-refractivity contribution is -0.128. The number of nitrogens with zero attached hydrogens (tertiary/aromatic N) is 2. The zero-order valence-electron chi connectivity index (χ0n) is 15.7. The molecule has 0 spiro atoms. The third-order valence-corrected chi connectivity index (χ3v) is 6.29. The molecule has 1 saturated heterocycles. The van der Waals surface area contributed by atoms with Crippen LogP contribution in [0.25, 0.3) is 0 Å². The Morgan fingerprint density at radius 1 is 1.27 bits per heavy atom. The molecule has 0 radical (unpaired) electrons. The molecular formula is C18H27N3O4S. The van der Waals surface area contributed by atoms with Gasteiger partial charge in [-0.05, 0) is 36.6 Å². The van der Waals surface area contributed by atoms with Crippen molar-refractivity contribution in [1.29, 1.82) is 0 Å². The lowest BCUT2D eigenvalue weighted by Crippen LogP contribution is -2.29. The van der Waals surface area contributed by atoms with Gasteiger partial charge in [0.25, 0.3) is 0 Å². The SMILES string of the molecule is CC(C)CCN1C[C@H](C(=O)Nc2ccc(S(=O)(=O)N(C)C)cc2)CC1=O. The Hall–Kier alpha value is -1.93. The van der Waals surface area contributed by atoms with Crippen LogP contribution in [0.15, 0.2) is 29.2 Å². The van der Waals surface area contributed by atoms with Gasteiger partial charge in [0.05, 0.1) is 10.8 Å². The second-order valence-electron chi connectivity index (χ2n) is 7.22. The van der Waals surface area contributed by atoms with E-state index in [4.69, 9.17) is 0 Å². The maximum Gasteiger partial charge on any atom is 0.242 e. The van der Waals surface area contributed by atoms with E-state index in [-0.39, 0.29) is 29.0 Å². The van der Waals surface area contributed by atoms with E-state index < -0.39 is 10.0 Å². The predicted octanol–water partition coefficient (Wildman–Crippen LogP) is 1.77. The van der Waals surface area contributed by atoms with Gasteiger partial charge in [-0.1, -0.05) is 13.8 Å². The van der Waals surface area contributed by atoms with Gasteiger partial charge in [-0.2, -0.15) is 0 Å². The van der Waals surface area contributed by atoms with Crippen molar-refractivity contribution in [2.45, 2.75) is 31.6 Å². The number of nitrogens with one attached hydrogen (secondary N) is 1. The third kappa shape index (κ3) is 4.82. The van der Waals surface area contributed by atoms with E-state index >= 15 is 0 Å². The van der Waals surface area contributed by atoms with Crippen molar-refractivity contribution in [2.24, 2.45) is 11.8 Å². The number of rotatable bonds is 7. The molecule has 1 aliphatic heterocycles. The molecule has 1 aromatic rings. The van der Waals surface area contributed by atoms with Crippen molar-refractivity contribution in [2.75, 3.05) is 32.5 Å². The van der Waals surface area contributed by atoms with Gasteiger partial charge < -0.3 is 10.2 Å². The summed E-state index contributed by atoms with van der Waals surface area (Å²) in [5.74, 6) is -0.0701. The van der Waals surface area contributed by atoms with Crippen LogP contribution in [-0.4, -0.2) is 56.6 Å². The first-order valence-electron chi connectivity index (χ1n) is 8.72. The molecule has 1 heterocycles. The van der Waals surface area contributed by atoms with Gasteiger partial charge >= 0.3 is 0 Å². The average Bonchev–Trinajstić information content (AvgIpc) is 2.94. The molecule has 1 aromatic carbocycles. The summed E-state index contributed by atoms with van der Waals surface area (Å²) in [5.41, 5.74) is 0.515. The quantitative estimate of drug-likeness (QED) is 0.780. The van der Waals surface area contributed by atoms with E-state index in [0.717, 1.165) is 10.7 Å². The number of likely N-dealkylation sites (tertiary alicyclic amines) is 1. The van der Waals surface area contributed by atoms with Gasteiger partial charge in [-0.15, -0.1) is 0 Å². The zero-order chi connectivity index (χ0) is 19.5. The normalized spacial score (nSPS) is 18.0. The maximum atomic E-state index is 12.4. The summed E-state index contributed by atoms with van der Waals surface area (Å²) in [4.78, 5) is 26.4. The first-order chi connectivity index (χ1) is 12.1. The second kappa shape index (κ2) is 8.18. The number of carbonyl (C=O) groups is 2. The van der Waals surface area contributed by atoms with Gasteiger partial charge in [0, 0.05) is 39.3 Å². The molecule has 1 fully saturated rings. The summed E-state index contributed by atoms with van der Waals surface area (Å²) in [6, 6.07) is 6.03. The molecule has 144 valence electrons. The molecule has 0 saturated carbocycles. The minimum Gasteiger partial charge on any atom is -0.342 e. The highest BCUT2D eigenvalue weighted by Crippen LogP contribution is 2.22. The summed E-state index contributed by atoms with van der Waals surface area (Å²) in [6.45, 7) is 5.32. The van der Waals surface area contributed by atoms with Gasteiger partial charge in [-0.25, -0.2) is 12.7 Å². The Kier molecular flexibility index (Phi) is 6.41. The van der Waals surface area contributed by atoms with Crippen LogP contribution < -0.4 is 5.32 Å². The van der Waals surface area contributed by atoms with Crippen molar-refractivity contribution in [3.8, 4) is 0 Å². The number of benzene rings is 1. The van der Waals surface area contributed by atoms with Crippen LogP contribution >= 0.6 is 0 Å². The van der Waals surface area contributed by atoms with Crippen molar-refractivity contribution in [3.63, 3.8) is 0 Å². The Labute approximate surface area is 155 Å². The van der Waals surface area contributed by atoms with Crippen molar-refractivity contribution in [1.82, 2.24) is 9.21 Å². The summed E-state index contributed by atoms with van der Waals surface area (Å²) in [6.07, 6.45) is 1.14. The molecule has 0 unspecified atom stereocenters. The lowest BCUT2D eigenvalue weighted by Gasteiger charge is -2.17. The minimum atomic E-state index is -3.50. The molecule has 1 aliphatic rings.